The molecule has 2 fully saturated rings. The van der Waals surface area contributed by atoms with Crippen LogP contribution in [0, 0.1) is 17.8 Å². The Hall–Kier alpha value is -2.17. The molecule has 1 aliphatic carbocycles. The van der Waals surface area contributed by atoms with Crippen LogP contribution in [0.3, 0.4) is 0 Å². The summed E-state index contributed by atoms with van der Waals surface area (Å²) < 4.78 is 0. The molecule has 1 saturated heterocycles. The first-order chi connectivity index (χ1) is 14.3. The SMILES string of the molecule is CC.CC.CC(C)[C@@H]1CC[C@@H](C)C[C@@]12C(=O)N(CC(=O)c1ccccc1)C(=O)N2C. The largest absolute Gasteiger partial charge is 0.327 e. The number of carbonyl (C=O) groups is 3. The standard InChI is InChI=1S/C21H28N2O3.2C2H6/c1-14(2)17-11-10-15(3)12-21(17)19(25)23(20(26)22(21)4)13-18(24)16-8-6-5-7-9-16;2*1-2/h5-9,14-15,17H,10-13H2,1-4H3;2*1-2H3/t15-,17+,21+;;/m1../s1. The van der Waals surface area contributed by atoms with Gasteiger partial charge in [0.25, 0.3) is 5.91 Å². The van der Waals surface area contributed by atoms with E-state index in [0.29, 0.717) is 23.8 Å². The molecule has 0 N–H and O–H groups in total. The van der Waals surface area contributed by atoms with Crippen LogP contribution in [0.5, 0.6) is 0 Å². The summed E-state index contributed by atoms with van der Waals surface area (Å²) in [7, 11) is 1.72. The van der Waals surface area contributed by atoms with Crippen LogP contribution in [0.2, 0.25) is 0 Å². The number of likely N-dealkylation sites (N-methyl/N-ethyl adjacent to an activating group) is 1. The number of urea groups is 1. The van der Waals surface area contributed by atoms with Gasteiger partial charge in [-0.05, 0) is 30.6 Å². The van der Waals surface area contributed by atoms with Crippen molar-refractivity contribution in [1.29, 1.82) is 0 Å². The number of benzene rings is 1. The summed E-state index contributed by atoms with van der Waals surface area (Å²) in [5.74, 6) is 0.402. The van der Waals surface area contributed by atoms with Crippen molar-refractivity contribution < 1.29 is 14.4 Å². The molecule has 3 atom stereocenters. The first-order valence-electron chi connectivity index (χ1n) is 11.5. The maximum absolute atomic E-state index is 13.4. The molecule has 0 unspecified atom stereocenters. The summed E-state index contributed by atoms with van der Waals surface area (Å²) in [6.07, 6.45) is 2.68. The van der Waals surface area contributed by atoms with E-state index >= 15 is 0 Å². The predicted molar refractivity (Wildman–Crippen MR) is 122 cm³/mol. The third-order valence-electron chi connectivity index (χ3n) is 6.18. The number of hydrogen-bond acceptors (Lipinski definition) is 3. The maximum Gasteiger partial charge on any atom is 0.327 e. The minimum absolute atomic E-state index is 0.122. The Labute approximate surface area is 182 Å². The summed E-state index contributed by atoms with van der Waals surface area (Å²) >= 11 is 0. The lowest BCUT2D eigenvalue weighted by Gasteiger charge is -2.47. The topological polar surface area (TPSA) is 57.7 Å². The zero-order chi connectivity index (χ0) is 23.1. The summed E-state index contributed by atoms with van der Waals surface area (Å²) in [6.45, 7) is 14.2. The Morgan fingerprint density at radius 1 is 1.07 bits per heavy atom. The predicted octanol–water partition coefficient (Wildman–Crippen LogP) is 5.65. The van der Waals surface area contributed by atoms with E-state index in [0.717, 1.165) is 12.8 Å². The smallest absolute Gasteiger partial charge is 0.312 e. The molecule has 5 nitrogen and oxygen atoms in total. The van der Waals surface area contributed by atoms with Gasteiger partial charge < -0.3 is 4.90 Å². The van der Waals surface area contributed by atoms with E-state index in [4.69, 9.17) is 0 Å². The number of hydrogen-bond donors (Lipinski definition) is 0. The molecule has 0 radical (unpaired) electrons. The first kappa shape index (κ1) is 25.9. The van der Waals surface area contributed by atoms with Gasteiger partial charge in [0.1, 0.15) is 5.54 Å². The van der Waals surface area contributed by atoms with Crippen LogP contribution in [-0.4, -0.2) is 46.7 Å². The second-order valence-corrected chi connectivity index (χ2v) is 8.18. The molecule has 1 heterocycles. The highest BCUT2D eigenvalue weighted by molar-refractivity contribution is 6.11. The highest BCUT2D eigenvalue weighted by atomic mass is 16.2. The molecule has 1 aromatic carbocycles. The lowest BCUT2D eigenvalue weighted by molar-refractivity contribution is -0.139. The fraction of sp³-hybridized carbons (Fsp3) is 0.640. The van der Waals surface area contributed by atoms with Crippen molar-refractivity contribution in [3.63, 3.8) is 0 Å². The number of imide groups is 1. The van der Waals surface area contributed by atoms with Gasteiger partial charge in [-0.15, -0.1) is 0 Å². The van der Waals surface area contributed by atoms with Crippen LogP contribution in [0.25, 0.3) is 0 Å². The monoisotopic (exact) mass is 416 g/mol. The molecule has 1 aromatic rings. The average Bonchev–Trinajstić information content (AvgIpc) is 2.93. The van der Waals surface area contributed by atoms with Crippen LogP contribution in [0.4, 0.5) is 4.79 Å². The van der Waals surface area contributed by atoms with Gasteiger partial charge in [0.05, 0.1) is 6.54 Å². The minimum Gasteiger partial charge on any atom is -0.312 e. The van der Waals surface area contributed by atoms with Crippen molar-refractivity contribution in [1.82, 2.24) is 9.80 Å². The van der Waals surface area contributed by atoms with E-state index in [1.807, 2.05) is 33.8 Å². The number of amides is 3. The van der Waals surface area contributed by atoms with E-state index in [9.17, 15) is 14.4 Å². The van der Waals surface area contributed by atoms with E-state index in [1.165, 1.54) is 4.90 Å². The molecule has 0 aromatic heterocycles. The zero-order valence-electron chi connectivity index (χ0n) is 20.1. The van der Waals surface area contributed by atoms with Crippen molar-refractivity contribution >= 4 is 17.7 Å². The van der Waals surface area contributed by atoms with Crippen molar-refractivity contribution in [3.05, 3.63) is 35.9 Å². The van der Waals surface area contributed by atoms with Crippen molar-refractivity contribution in [2.75, 3.05) is 13.6 Å². The quantitative estimate of drug-likeness (QED) is 0.471. The molecule has 5 heteroatoms. The third-order valence-corrected chi connectivity index (χ3v) is 6.18. The Morgan fingerprint density at radius 3 is 2.17 bits per heavy atom. The van der Waals surface area contributed by atoms with Gasteiger partial charge in [0.15, 0.2) is 5.78 Å². The van der Waals surface area contributed by atoms with E-state index < -0.39 is 5.54 Å². The lowest BCUT2D eigenvalue weighted by atomic mass is 9.64. The van der Waals surface area contributed by atoms with Gasteiger partial charge >= 0.3 is 6.03 Å². The molecule has 3 rings (SSSR count). The Balaban J connectivity index is 0.00000106. The summed E-state index contributed by atoms with van der Waals surface area (Å²) in [5, 5.41) is 0. The van der Waals surface area contributed by atoms with Crippen molar-refractivity contribution in [3.8, 4) is 0 Å². The van der Waals surface area contributed by atoms with Gasteiger partial charge in [-0.2, -0.15) is 0 Å². The Morgan fingerprint density at radius 2 is 1.63 bits per heavy atom. The Kier molecular flexibility index (Phi) is 9.73. The van der Waals surface area contributed by atoms with Crippen LogP contribution in [0.15, 0.2) is 30.3 Å². The summed E-state index contributed by atoms with van der Waals surface area (Å²) in [6, 6.07) is 8.48. The molecular formula is C25H40N2O3. The van der Waals surface area contributed by atoms with Gasteiger partial charge in [0.2, 0.25) is 0 Å². The van der Waals surface area contributed by atoms with Crippen LogP contribution in [0.1, 0.15) is 78.1 Å². The van der Waals surface area contributed by atoms with E-state index in [1.54, 1.807) is 36.2 Å². The number of carbonyl (C=O) groups excluding carboxylic acids is 3. The maximum atomic E-state index is 13.4. The second-order valence-electron chi connectivity index (χ2n) is 8.18. The molecule has 1 saturated carbocycles. The molecule has 0 bridgehead atoms. The summed E-state index contributed by atoms with van der Waals surface area (Å²) in [5.41, 5.74) is -0.283. The number of rotatable bonds is 4. The minimum atomic E-state index is -0.806. The fourth-order valence-corrected chi connectivity index (χ4v) is 4.82. The molecule has 2 aliphatic rings. The molecule has 168 valence electrons. The van der Waals surface area contributed by atoms with E-state index in [2.05, 4.69) is 20.8 Å². The number of nitrogens with zero attached hydrogens (tertiary/aromatic N) is 2. The van der Waals surface area contributed by atoms with Gasteiger partial charge in [-0.1, -0.05) is 85.2 Å². The van der Waals surface area contributed by atoms with Crippen molar-refractivity contribution in [2.24, 2.45) is 17.8 Å². The van der Waals surface area contributed by atoms with Crippen LogP contribution < -0.4 is 0 Å². The molecule has 30 heavy (non-hydrogen) atoms. The zero-order valence-corrected chi connectivity index (χ0v) is 20.1. The average molecular weight is 417 g/mol. The van der Waals surface area contributed by atoms with E-state index in [-0.39, 0.29) is 30.2 Å². The molecule has 3 amide bonds. The van der Waals surface area contributed by atoms with Crippen LogP contribution >= 0.6 is 0 Å². The molecule has 1 aliphatic heterocycles. The fourth-order valence-electron chi connectivity index (χ4n) is 4.82. The summed E-state index contributed by atoms with van der Waals surface area (Å²) in [4.78, 5) is 41.7. The Bertz CT molecular complexity index is 716. The molecular weight excluding hydrogens is 376 g/mol. The first-order valence-corrected chi connectivity index (χ1v) is 11.5. The van der Waals surface area contributed by atoms with Gasteiger partial charge in [0, 0.05) is 12.6 Å². The normalized spacial score (nSPS) is 25.6. The highest BCUT2D eigenvalue weighted by Crippen LogP contribution is 2.48. The lowest BCUT2D eigenvalue weighted by Crippen LogP contribution is -2.58. The molecule has 1 spiro atoms. The second kappa shape index (κ2) is 11.3. The van der Waals surface area contributed by atoms with Gasteiger partial charge in [-0.3, -0.25) is 14.5 Å². The third kappa shape index (κ3) is 4.76. The number of Topliss-reactive ketones (excluding diaryl/α,β-unsaturated/α-hetero) is 1. The highest BCUT2D eigenvalue weighted by Gasteiger charge is 2.61. The number of ketones is 1. The van der Waals surface area contributed by atoms with Crippen molar-refractivity contribution in [2.45, 2.75) is 73.3 Å². The van der Waals surface area contributed by atoms with Gasteiger partial charge in [-0.25, -0.2) is 4.79 Å². The van der Waals surface area contributed by atoms with Crippen LogP contribution in [-0.2, 0) is 4.79 Å².